The summed E-state index contributed by atoms with van der Waals surface area (Å²) in [5, 5.41) is 3.28. The fourth-order valence-electron chi connectivity index (χ4n) is 1.88. The highest BCUT2D eigenvalue weighted by atomic mass is 35.5. The summed E-state index contributed by atoms with van der Waals surface area (Å²) in [5.74, 6) is -0.179. The third-order valence-corrected chi connectivity index (χ3v) is 2.79. The number of hydrogen-bond donors (Lipinski definition) is 2. The molecule has 1 aliphatic heterocycles. The van der Waals surface area contributed by atoms with E-state index in [1.165, 1.54) is 0 Å². The van der Waals surface area contributed by atoms with Gasteiger partial charge in [-0.15, -0.1) is 0 Å². The van der Waals surface area contributed by atoms with Crippen molar-refractivity contribution >= 4 is 23.6 Å². The van der Waals surface area contributed by atoms with Crippen molar-refractivity contribution in [1.29, 1.82) is 0 Å². The molecule has 0 saturated carbocycles. The maximum atomic E-state index is 11.3. The Morgan fingerprint density at radius 3 is 2.94 bits per heavy atom. The van der Waals surface area contributed by atoms with Crippen molar-refractivity contribution in [2.24, 2.45) is 5.73 Å². The number of benzene rings is 1. The Hall–Kier alpha value is -1.75. The number of ether oxygens (including phenoxy) is 1. The van der Waals surface area contributed by atoms with E-state index >= 15 is 0 Å². The summed E-state index contributed by atoms with van der Waals surface area (Å²) >= 11 is 5.87. The van der Waals surface area contributed by atoms with E-state index in [1.807, 2.05) is 0 Å². The fourth-order valence-corrected chi connectivity index (χ4v) is 2.08. The lowest BCUT2D eigenvalue weighted by Gasteiger charge is -2.18. The minimum absolute atomic E-state index is 0.111. The summed E-state index contributed by atoms with van der Waals surface area (Å²) in [7, 11) is 0. The molecule has 1 aliphatic rings. The fraction of sp³-hybridized carbons (Fsp3) is 0.273. The first-order valence-electron chi connectivity index (χ1n) is 5.07. The Bertz CT molecular complexity index is 464. The number of carbonyl (C=O) groups is 2. The molecule has 5 nitrogen and oxygen atoms in total. The van der Waals surface area contributed by atoms with Crippen molar-refractivity contribution in [2.45, 2.75) is 18.6 Å². The Labute approximate surface area is 103 Å². The molecular weight excluding hydrogens is 244 g/mol. The standard InChI is InChI=1S/C11H11ClN2O3/c12-7-3-1-2-6(4-7)10-8(17-11(13)16)5-9(15)14-10/h1-4,8,10H,5H2,(H2,13,16)(H,14,15). The van der Waals surface area contributed by atoms with Crippen LogP contribution in [0.4, 0.5) is 4.79 Å². The zero-order valence-electron chi connectivity index (χ0n) is 8.85. The van der Waals surface area contributed by atoms with Gasteiger partial charge in [-0.2, -0.15) is 0 Å². The van der Waals surface area contributed by atoms with E-state index in [0.29, 0.717) is 5.02 Å². The van der Waals surface area contributed by atoms with E-state index < -0.39 is 18.2 Å². The maximum Gasteiger partial charge on any atom is 0.404 e. The van der Waals surface area contributed by atoms with Crippen molar-refractivity contribution in [3.63, 3.8) is 0 Å². The van der Waals surface area contributed by atoms with Gasteiger partial charge in [-0.05, 0) is 17.7 Å². The molecule has 0 aliphatic carbocycles. The van der Waals surface area contributed by atoms with Crippen molar-refractivity contribution in [1.82, 2.24) is 5.32 Å². The minimum Gasteiger partial charge on any atom is -0.443 e. The molecule has 0 spiro atoms. The molecule has 2 unspecified atom stereocenters. The molecule has 90 valence electrons. The molecule has 1 aromatic carbocycles. The smallest absolute Gasteiger partial charge is 0.404 e. The molecule has 2 amide bonds. The quantitative estimate of drug-likeness (QED) is 0.836. The third kappa shape index (κ3) is 2.68. The van der Waals surface area contributed by atoms with Gasteiger partial charge in [0, 0.05) is 5.02 Å². The summed E-state index contributed by atoms with van der Waals surface area (Å²) in [6.45, 7) is 0. The molecule has 1 heterocycles. The number of rotatable bonds is 2. The summed E-state index contributed by atoms with van der Waals surface area (Å²) < 4.78 is 4.90. The largest absolute Gasteiger partial charge is 0.443 e. The Morgan fingerprint density at radius 1 is 1.53 bits per heavy atom. The van der Waals surface area contributed by atoms with Gasteiger partial charge in [0.2, 0.25) is 5.91 Å². The van der Waals surface area contributed by atoms with Gasteiger partial charge < -0.3 is 15.8 Å². The number of amides is 2. The van der Waals surface area contributed by atoms with E-state index in [2.05, 4.69) is 5.32 Å². The summed E-state index contributed by atoms with van der Waals surface area (Å²) in [6.07, 6.45) is -1.36. The third-order valence-electron chi connectivity index (χ3n) is 2.55. The van der Waals surface area contributed by atoms with E-state index in [1.54, 1.807) is 24.3 Å². The van der Waals surface area contributed by atoms with Gasteiger partial charge in [-0.25, -0.2) is 4.79 Å². The molecular formula is C11H11ClN2O3. The molecule has 2 atom stereocenters. The molecule has 1 saturated heterocycles. The monoisotopic (exact) mass is 254 g/mol. The summed E-state index contributed by atoms with van der Waals surface area (Å²) in [4.78, 5) is 22.1. The van der Waals surface area contributed by atoms with Crippen molar-refractivity contribution in [2.75, 3.05) is 0 Å². The van der Waals surface area contributed by atoms with Crippen LogP contribution >= 0.6 is 11.6 Å². The molecule has 17 heavy (non-hydrogen) atoms. The summed E-state index contributed by atoms with van der Waals surface area (Å²) in [6, 6.07) is 6.62. The van der Waals surface area contributed by atoms with Crippen LogP contribution in [0, 0.1) is 0 Å². The van der Waals surface area contributed by atoms with Crippen LogP contribution in [0.15, 0.2) is 24.3 Å². The van der Waals surface area contributed by atoms with Crippen LogP contribution in [0.25, 0.3) is 0 Å². The van der Waals surface area contributed by atoms with Crippen LogP contribution in [0.2, 0.25) is 5.02 Å². The Kier molecular flexibility index (Phi) is 3.19. The molecule has 0 aromatic heterocycles. The Balaban J connectivity index is 2.23. The van der Waals surface area contributed by atoms with Crippen LogP contribution in [0.1, 0.15) is 18.0 Å². The van der Waals surface area contributed by atoms with Gasteiger partial charge in [0.1, 0.15) is 6.10 Å². The first-order chi connectivity index (χ1) is 8.06. The van der Waals surface area contributed by atoms with Crippen LogP contribution in [0.5, 0.6) is 0 Å². The van der Waals surface area contributed by atoms with Crippen LogP contribution in [-0.2, 0) is 9.53 Å². The lowest BCUT2D eigenvalue weighted by Crippen LogP contribution is -2.28. The SMILES string of the molecule is NC(=O)OC1CC(=O)NC1c1cccc(Cl)c1. The first kappa shape index (κ1) is 11.7. The van der Waals surface area contributed by atoms with Crippen molar-refractivity contribution in [3.05, 3.63) is 34.9 Å². The molecule has 6 heteroatoms. The summed E-state index contributed by atoms with van der Waals surface area (Å²) in [5.41, 5.74) is 5.75. The van der Waals surface area contributed by atoms with Crippen molar-refractivity contribution in [3.8, 4) is 0 Å². The van der Waals surface area contributed by atoms with Gasteiger partial charge in [-0.3, -0.25) is 4.79 Å². The predicted molar refractivity (Wildman–Crippen MR) is 61.4 cm³/mol. The zero-order chi connectivity index (χ0) is 12.4. The zero-order valence-corrected chi connectivity index (χ0v) is 9.61. The Morgan fingerprint density at radius 2 is 2.29 bits per heavy atom. The minimum atomic E-state index is -0.890. The van der Waals surface area contributed by atoms with E-state index in [9.17, 15) is 9.59 Å². The van der Waals surface area contributed by atoms with Gasteiger partial charge in [0.25, 0.3) is 0 Å². The number of nitrogens with one attached hydrogen (secondary N) is 1. The lowest BCUT2D eigenvalue weighted by molar-refractivity contribution is -0.119. The normalized spacial score (nSPS) is 23.2. The molecule has 3 N–H and O–H groups in total. The van der Waals surface area contributed by atoms with E-state index in [0.717, 1.165) is 5.56 Å². The second kappa shape index (κ2) is 4.63. The van der Waals surface area contributed by atoms with Crippen LogP contribution < -0.4 is 11.1 Å². The highest BCUT2D eigenvalue weighted by molar-refractivity contribution is 6.30. The number of carbonyl (C=O) groups excluding carboxylic acids is 2. The van der Waals surface area contributed by atoms with Crippen LogP contribution in [-0.4, -0.2) is 18.1 Å². The van der Waals surface area contributed by atoms with E-state index in [-0.39, 0.29) is 12.3 Å². The molecule has 0 bridgehead atoms. The van der Waals surface area contributed by atoms with Gasteiger partial charge in [0.15, 0.2) is 0 Å². The van der Waals surface area contributed by atoms with Gasteiger partial charge in [0.05, 0.1) is 12.5 Å². The number of nitrogens with two attached hydrogens (primary N) is 1. The van der Waals surface area contributed by atoms with Crippen LogP contribution in [0.3, 0.4) is 0 Å². The molecule has 1 fully saturated rings. The first-order valence-corrected chi connectivity index (χ1v) is 5.45. The average molecular weight is 255 g/mol. The lowest BCUT2D eigenvalue weighted by atomic mass is 10.0. The second-order valence-electron chi connectivity index (χ2n) is 3.78. The molecule has 0 radical (unpaired) electrons. The number of primary amides is 1. The molecule has 1 aromatic rings. The highest BCUT2D eigenvalue weighted by Crippen LogP contribution is 2.28. The maximum absolute atomic E-state index is 11.3. The van der Waals surface area contributed by atoms with Crippen molar-refractivity contribution < 1.29 is 14.3 Å². The average Bonchev–Trinajstić information content (AvgIpc) is 2.58. The second-order valence-corrected chi connectivity index (χ2v) is 4.22. The topological polar surface area (TPSA) is 81.4 Å². The highest BCUT2D eigenvalue weighted by Gasteiger charge is 2.36. The van der Waals surface area contributed by atoms with E-state index in [4.69, 9.17) is 22.1 Å². The van der Waals surface area contributed by atoms with Gasteiger partial charge in [-0.1, -0.05) is 23.7 Å². The number of hydrogen-bond acceptors (Lipinski definition) is 3. The number of halogens is 1. The predicted octanol–water partition coefficient (Wildman–Crippen LogP) is 1.36. The van der Waals surface area contributed by atoms with Gasteiger partial charge >= 0.3 is 6.09 Å². The molecule has 2 rings (SSSR count).